The van der Waals surface area contributed by atoms with Crippen molar-refractivity contribution in [3.05, 3.63) is 0 Å². The Morgan fingerprint density at radius 2 is 1.52 bits per heavy atom. The lowest BCUT2D eigenvalue weighted by molar-refractivity contribution is -0.142. The maximum absolute atomic E-state index is 12.7. The normalized spacial score (nSPS) is 15.6. The van der Waals surface area contributed by atoms with E-state index in [2.05, 4.69) is 16.0 Å². The highest BCUT2D eigenvalue weighted by atomic mass is 16.4. The second-order valence-corrected chi connectivity index (χ2v) is 7.49. The van der Waals surface area contributed by atoms with Crippen molar-refractivity contribution in [1.82, 2.24) is 16.0 Å². The highest BCUT2D eigenvalue weighted by Gasteiger charge is 2.31. The first-order chi connectivity index (χ1) is 14.4. The van der Waals surface area contributed by atoms with Crippen molar-refractivity contribution in [3.8, 4) is 0 Å². The smallest absolute Gasteiger partial charge is 0.326 e. The van der Waals surface area contributed by atoms with Crippen molar-refractivity contribution < 1.29 is 34.2 Å². The number of carboxylic acid groups (broad SMARTS) is 2. The van der Waals surface area contributed by atoms with E-state index in [1.165, 1.54) is 6.92 Å². The zero-order valence-electron chi connectivity index (χ0n) is 18.2. The Morgan fingerprint density at radius 1 is 0.903 bits per heavy atom. The summed E-state index contributed by atoms with van der Waals surface area (Å²) in [6.07, 6.45) is 1.25. The van der Waals surface area contributed by atoms with Gasteiger partial charge in [0.2, 0.25) is 17.7 Å². The Kier molecular flexibility index (Phi) is 13.0. The number of carbonyl (C=O) groups excluding carboxylic acids is 3. The molecule has 3 amide bonds. The molecule has 0 saturated heterocycles. The summed E-state index contributed by atoms with van der Waals surface area (Å²) in [6.45, 7) is 5.29. The average Bonchev–Trinajstić information content (AvgIpc) is 2.69. The molecule has 9 N–H and O–H groups in total. The first kappa shape index (κ1) is 28.3. The van der Waals surface area contributed by atoms with Crippen LogP contribution in [0.15, 0.2) is 0 Å². The summed E-state index contributed by atoms with van der Waals surface area (Å²) in [5, 5.41) is 25.3. The third-order valence-electron chi connectivity index (χ3n) is 4.84. The molecule has 12 nitrogen and oxygen atoms in total. The SMILES string of the molecule is CCC(C)C(NC(=O)C(N)CC(=O)O)C(=O)NC(C)C(=O)NC(CCCCN)C(=O)O. The minimum absolute atomic E-state index is 0.200. The predicted octanol–water partition coefficient (Wildman–Crippen LogP) is -1.48. The molecule has 0 spiro atoms. The van der Waals surface area contributed by atoms with E-state index in [9.17, 15) is 29.1 Å². The van der Waals surface area contributed by atoms with Gasteiger partial charge in [-0.15, -0.1) is 0 Å². The molecule has 0 fully saturated rings. The Balaban J connectivity index is 5.06. The van der Waals surface area contributed by atoms with Crippen molar-refractivity contribution in [2.75, 3.05) is 6.54 Å². The molecule has 178 valence electrons. The summed E-state index contributed by atoms with van der Waals surface area (Å²) in [5.41, 5.74) is 10.9. The van der Waals surface area contributed by atoms with Gasteiger partial charge in [0.25, 0.3) is 0 Å². The average molecular weight is 446 g/mol. The minimum Gasteiger partial charge on any atom is -0.481 e. The highest BCUT2D eigenvalue weighted by Crippen LogP contribution is 2.09. The summed E-state index contributed by atoms with van der Waals surface area (Å²) in [5.74, 6) is -4.93. The van der Waals surface area contributed by atoms with Gasteiger partial charge in [-0.1, -0.05) is 20.3 Å². The van der Waals surface area contributed by atoms with Crippen molar-refractivity contribution in [2.24, 2.45) is 17.4 Å². The lowest BCUT2D eigenvalue weighted by atomic mass is 9.97. The summed E-state index contributed by atoms with van der Waals surface area (Å²) >= 11 is 0. The molecule has 5 unspecified atom stereocenters. The van der Waals surface area contributed by atoms with Gasteiger partial charge in [-0.25, -0.2) is 4.79 Å². The number of nitrogens with one attached hydrogen (secondary N) is 3. The largest absolute Gasteiger partial charge is 0.481 e. The van der Waals surface area contributed by atoms with Gasteiger partial charge in [0.1, 0.15) is 18.1 Å². The molecule has 5 atom stereocenters. The predicted molar refractivity (Wildman–Crippen MR) is 112 cm³/mol. The summed E-state index contributed by atoms with van der Waals surface area (Å²) in [6, 6.07) is -4.56. The molecule has 12 heteroatoms. The van der Waals surface area contributed by atoms with Crippen molar-refractivity contribution in [3.63, 3.8) is 0 Å². The number of carbonyl (C=O) groups is 5. The Bertz CT molecular complexity index is 643. The molecule has 0 aliphatic heterocycles. The Morgan fingerprint density at radius 3 is 2.00 bits per heavy atom. The maximum atomic E-state index is 12.7. The second-order valence-electron chi connectivity index (χ2n) is 7.49. The van der Waals surface area contributed by atoms with E-state index in [0.29, 0.717) is 25.8 Å². The molecule has 0 aliphatic rings. The van der Waals surface area contributed by atoms with Crippen LogP contribution in [0.2, 0.25) is 0 Å². The maximum Gasteiger partial charge on any atom is 0.326 e. The first-order valence-corrected chi connectivity index (χ1v) is 10.3. The number of nitrogens with two attached hydrogens (primary N) is 2. The van der Waals surface area contributed by atoms with Crippen LogP contribution in [0.25, 0.3) is 0 Å². The van der Waals surface area contributed by atoms with E-state index >= 15 is 0 Å². The van der Waals surface area contributed by atoms with Crippen LogP contribution < -0.4 is 27.4 Å². The first-order valence-electron chi connectivity index (χ1n) is 10.3. The summed E-state index contributed by atoms with van der Waals surface area (Å²) in [4.78, 5) is 59.2. The van der Waals surface area contributed by atoms with Gasteiger partial charge in [0, 0.05) is 0 Å². The molecule has 0 aromatic rings. The van der Waals surface area contributed by atoms with E-state index in [1.807, 2.05) is 0 Å². The van der Waals surface area contributed by atoms with Crippen molar-refractivity contribution in [2.45, 2.75) is 77.0 Å². The van der Waals surface area contributed by atoms with Crippen LogP contribution in [0, 0.1) is 5.92 Å². The van der Waals surface area contributed by atoms with Crippen LogP contribution in [0.1, 0.15) is 52.9 Å². The molecule has 0 aromatic carbocycles. The monoisotopic (exact) mass is 445 g/mol. The number of hydrogen-bond acceptors (Lipinski definition) is 7. The van der Waals surface area contributed by atoms with E-state index in [-0.39, 0.29) is 12.3 Å². The molecule has 31 heavy (non-hydrogen) atoms. The second kappa shape index (κ2) is 14.3. The summed E-state index contributed by atoms with van der Waals surface area (Å²) in [7, 11) is 0. The van der Waals surface area contributed by atoms with Crippen LogP contribution in [-0.2, 0) is 24.0 Å². The minimum atomic E-state index is -1.33. The molecular weight excluding hydrogens is 410 g/mol. The molecular formula is C19H35N5O7. The molecule has 0 saturated carbocycles. The topological polar surface area (TPSA) is 214 Å². The van der Waals surface area contributed by atoms with E-state index < -0.39 is 60.2 Å². The van der Waals surface area contributed by atoms with E-state index in [0.717, 1.165) is 0 Å². The van der Waals surface area contributed by atoms with Gasteiger partial charge >= 0.3 is 11.9 Å². The Hall–Kier alpha value is -2.73. The van der Waals surface area contributed by atoms with Crippen LogP contribution in [0.3, 0.4) is 0 Å². The third kappa shape index (κ3) is 10.7. The highest BCUT2D eigenvalue weighted by molar-refractivity contribution is 5.94. The van der Waals surface area contributed by atoms with Crippen LogP contribution in [-0.4, -0.2) is 70.6 Å². The van der Waals surface area contributed by atoms with Gasteiger partial charge in [-0.2, -0.15) is 0 Å². The van der Waals surface area contributed by atoms with Gasteiger partial charge in [-0.05, 0) is 38.6 Å². The van der Waals surface area contributed by atoms with Gasteiger partial charge in [-0.3, -0.25) is 19.2 Å². The molecule has 0 radical (unpaired) electrons. The fraction of sp³-hybridized carbons (Fsp3) is 0.737. The molecule has 0 rings (SSSR count). The number of aliphatic carboxylic acids is 2. The van der Waals surface area contributed by atoms with Crippen LogP contribution >= 0.6 is 0 Å². The van der Waals surface area contributed by atoms with Gasteiger partial charge in [0.15, 0.2) is 0 Å². The lowest BCUT2D eigenvalue weighted by Gasteiger charge is -2.26. The quantitative estimate of drug-likeness (QED) is 0.146. The number of unbranched alkanes of at least 4 members (excludes halogenated alkanes) is 1. The van der Waals surface area contributed by atoms with E-state index in [1.54, 1.807) is 13.8 Å². The number of hydrogen-bond donors (Lipinski definition) is 7. The molecule has 0 bridgehead atoms. The number of carboxylic acids is 2. The molecule has 0 aliphatic carbocycles. The van der Waals surface area contributed by atoms with Gasteiger partial charge < -0.3 is 37.6 Å². The van der Waals surface area contributed by atoms with E-state index in [4.69, 9.17) is 16.6 Å². The van der Waals surface area contributed by atoms with Gasteiger partial charge in [0.05, 0.1) is 12.5 Å². The third-order valence-corrected chi connectivity index (χ3v) is 4.84. The summed E-state index contributed by atoms with van der Waals surface area (Å²) < 4.78 is 0. The lowest BCUT2D eigenvalue weighted by Crippen LogP contribution is -2.58. The standard InChI is InChI=1S/C19H35N5O7/c1-4-10(2)15(24-17(28)12(21)9-14(25)26)18(29)22-11(3)16(27)23-13(19(30)31)7-5-6-8-20/h10-13,15H,4-9,20-21H2,1-3H3,(H,22,29)(H,23,27)(H,24,28)(H,25,26)(H,30,31). The number of rotatable bonds is 15. The zero-order chi connectivity index (χ0) is 24.1. The van der Waals surface area contributed by atoms with Crippen molar-refractivity contribution in [1.29, 1.82) is 0 Å². The fourth-order valence-corrected chi connectivity index (χ4v) is 2.66. The molecule has 0 aromatic heterocycles. The zero-order valence-corrected chi connectivity index (χ0v) is 18.2. The number of amides is 3. The van der Waals surface area contributed by atoms with Crippen LogP contribution in [0.5, 0.6) is 0 Å². The Labute approximate surface area is 181 Å². The van der Waals surface area contributed by atoms with Crippen molar-refractivity contribution >= 4 is 29.7 Å². The fourth-order valence-electron chi connectivity index (χ4n) is 2.66. The van der Waals surface area contributed by atoms with Crippen LogP contribution in [0.4, 0.5) is 0 Å². The molecule has 0 heterocycles.